The van der Waals surface area contributed by atoms with Crippen molar-refractivity contribution in [3.05, 3.63) is 59.7 Å². The van der Waals surface area contributed by atoms with E-state index in [1.54, 1.807) is 0 Å². The van der Waals surface area contributed by atoms with Crippen LogP contribution in [0.3, 0.4) is 0 Å². The van der Waals surface area contributed by atoms with Gasteiger partial charge in [-0.05, 0) is 32.4 Å². The van der Waals surface area contributed by atoms with E-state index in [1.807, 2.05) is 47.9 Å². The number of benzene rings is 2. The van der Waals surface area contributed by atoms with E-state index in [4.69, 9.17) is 0 Å². The summed E-state index contributed by atoms with van der Waals surface area (Å²) in [5, 5.41) is 12.3. The zero-order valence-electron chi connectivity index (χ0n) is 15.2. The van der Waals surface area contributed by atoms with Gasteiger partial charge in [-0.3, -0.25) is 4.79 Å². The number of aryl methyl sites for hydroxylation is 2. The first-order valence-electron chi connectivity index (χ1n) is 8.57. The zero-order chi connectivity index (χ0) is 18.5. The molecule has 0 aliphatic heterocycles. The zero-order valence-corrected chi connectivity index (χ0v) is 16.0. The summed E-state index contributed by atoms with van der Waals surface area (Å²) in [4.78, 5) is 12.3. The van der Waals surface area contributed by atoms with Crippen molar-refractivity contribution in [3.8, 4) is 11.4 Å². The van der Waals surface area contributed by atoms with Crippen LogP contribution in [0.5, 0.6) is 0 Å². The van der Waals surface area contributed by atoms with Crippen molar-refractivity contribution < 1.29 is 4.79 Å². The van der Waals surface area contributed by atoms with Gasteiger partial charge in [-0.25, -0.2) is 0 Å². The molecule has 3 rings (SSSR count). The molecule has 0 saturated heterocycles. The molecular weight excluding hydrogens is 344 g/mol. The molecule has 1 N–H and O–H groups in total. The molecule has 0 aliphatic carbocycles. The number of nitrogens with zero attached hydrogens (tertiary/aromatic N) is 3. The number of carbonyl (C=O) groups is 1. The number of thioether (sulfide) groups is 1. The molecule has 0 radical (unpaired) electrons. The number of rotatable bonds is 6. The Hall–Kier alpha value is -2.60. The second-order valence-corrected chi connectivity index (χ2v) is 7.01. The van der Waals surface area contributed by atoms with Gasteiger partial charge >= 0.3 is 0 Å². The largest absolute Gasteiger partial charge is 0.325 e. The highest BCUT2D eigenvalue weighted by Crippen LogP contribution is 2.24. The van der Waals surface area contributed by atoms with E-state index in [-0.39, 0.29) is 5.91 Å². The second-order valence-electron chi connectivity index (χ2n) is 6.07. The first kappa shape index (κ1) is 18.2. The van der Waals surface area contributed by atoms with E-state index >= 15 is 0 Å². The monoisotopic (exact) mass is 366 g/mol. The standard InChI is InChI=1S/C20H22N4OS/c1-4-24-19(16-11-9-14(2)10-12-16)22-23-20(24)26-13-18(25)21-17-8-6-5-7-15(17)3/h5-12H,4,13H2,1-3H3,(H,21,25). The molecule has 26 heavy (non-hydrogen) atoms. The Kier molecular flexibility index (Phi) is 5.73. The number of hydrogen-bond donors (Lipinski definition) is 1. The lowest BCUT2D eigenvalue weighted by Crippen LogP contribution is -2.15. The fourth-order valence-electron chi connectivity index (χ4n) is 2.63. The first-order valence-corrected chi connectivity index (χ1v) is 9.55. The van der Waals surface area contributed by atoms with Crippen LogP contribution in [0.4, 0.5) is 5.69 Å². The van der Waals surface area contributed by atoms with Crippen molar-refractivity contribution in [2.45, 2.75) is 32.5 Å². The molecule has 0 bridgehead atoms. The van der Waals surface area contributed by atoms with Gasteiger partial charge in [0.1, 0.15) is 0 Å². The maximum absolute atomic E-state index is 12.3. The van der Waals surface area contributed by atoms with Crippen molar-refractivity contribution in [3.63, 3.8) is 0 Å². The molecule has 0 saturated carbocycles. The summed E-state index contributed by atoms with van der Waals surface area (Å²) in [6.07, 6.45) is 0. The highest BCUT2D eigenvalue weighted by molar-refractivity contribution is 7.99. The maximum Gasteiger partial charge on any atom is 0.234 e. The van der Waals surface area contributed by atoms with E-state index in [0.29, 0.717) is 5.75 Å². The third-order valence-corrected chi connectivity index (χ3v) is 5.06. The fourth-order valence-corrected chi connectivity index (χ4v) is 3.43. The van der Waals surface area contributed by atoms with Crippen LogP contribution in [0, 0.1) is 13.8 Å². The third kappa shape index (κ3) is 4.14. The summed E-state index contributed by atoms with van der Waals surface area (Å²) in [6.45, 7) is 6.84. The summed E-state index contributed by atoms with van der Waals surface area (Å²) in [7, 11) is 0. The Morgan fingerprint density at radius 1 is 1.08 bits per heavy atom. The Labute approximate surface area is 157 Å². The lowest BCUT2D eigenvalue weighted by atomic mass is 10.1. The van der Waals surface area contributed by atoms with E-state index < -0.39 is 0 Å². The van der Waals surface area contributed by atoms with Crippen molar-refractivity contribution in [2.75, 3.05) is 11.1 Å². The Morgan fingerprint density at radius 3 is 2.50 bits per heavy atom. The summed E-state index contributed by atoms with van der Waals surface area (Å²) < 4.78 is 2.04. The van der Waals surface area contributed by atoms with Crippen LogP contribution in [0.15, 0.2) is 53.7 Å². The molecule has 1 amide bonds. The number of aromatic nitrogens is 3. The Bertz CT molecular complexity index is 902. The molecular formula is C20H22N4OS. The van der Waals surface area contributed by atoms with Crippen LogP contribution in [0.1, 0.15) is 18.1 Å². The lowest BCUT2D eigenvalue weighted by molar-refractivity contribution is -0.113. The minimum atomic E-state index is -0.0492. The van der Waals surface area contributed by atoms with Crippen LogP contribution in [-0.2, 0) is 11.3 Å². The number of carbonyl (C=O) groups excluding carboxylic acids is 1. The molecule has 3 aromatic rings. The van der Waals surface area contributed by atoms with Gasteiger partial charge in [0.2, 0.25) is 5.91 Å². The van der Waals surface area contributed by atoms with E-state index in [1.165, 1.54) is 17.3 Å². The summed E-state index contributed by atoms with van der Waals surface area (Å²) in [5.41, 5.74) is 4.12. The van der Waals surface area contributed by atoms with Crippen LogP contribution >= 0.6 is 11.8 Å². The van der Waals surface area contributed by atoms with Crippen molar-refractivity contribution in [1.29, 1.82) is 0 Å². The van der Waals surface area contributed by atoms with Crippen molar-refractivity contribution >= 4 is 23.4 Å². The molecule has 0 spiro atoms. The van der Waals surface area contributed by atoms with Crippen molar-refractivity contribution in [2.24, 2.45) is 0 Å². The molecule has 1 aromatic heterocycles. The molecule has 0 fully saturated rings. The number of para-hydroxylation sites is 1. The van der Waals surface area contributed by atoms with Crippen LogP contribution in [0.2, 0.25) is 0 Å². The van der Waals surface area contributed by atoms with Gasteiger partial charge in [0, 0.05) is 17.8 Å². The fraction of sp³-hybridized carbons (Fsp3) is 0.250. The number of nitrogens with one attached hydrogen (secondary N) is 1. The van der Waals surface area contributed by atoms with Crippen molar-refractivity contribution in [1.82, 2.24) is 14.8 Å². The summed E-state index contributed by atoms with van der Waals surface area (Å²) in [5.74, 6) is 1.07. The van der Waals surface area contributed by atoms with Gasteiger partial charge < -0.3 is 9.88 Å². The third-order valence-electron chi connectivity index (χ3n) is 4.09. The number of hydrogen-bond acceptors (Lipinski definition) is 4. The highest BCUT2D eigenvalue weighted by Gasteiger charge is 2.14. The normalized spacial score (nSPS) is 10.7. The van der Waals surface area contributed by atoms with Gasteiger partial charge in [0.05, 0.1) is 5.75 Å². The van der Waals surface area contributed by atoms with Gasteiger partial charge in [-0.15, -0.1) is 10.2 Å². The van der Waals surface area contributed by atoms with Gasteiger partial charge in [-0.1, -0.05) is 59.8 Å². The number of amides is 1. The van der Waals surface area contributed by atoms with E-state index in [9.17, 15) is 4.79 Å². The average molecular weight is 366 g/mol. The van der Waals surface area contributed by atoms with E-state index in [2.05, 4.69) is 41.5 Å². The average Bonchev–Trinajstić information content (AvgIpc) is 3.05. The molecule has 0 atom stereocenters. The predicted octanol–water partition coefficient (Wildman–Crippen LogP) is 4.31. The predicted molar refractivity (Wildman–Crippen MR) is 106 cm³/mol. The van der Waals surface area contributed by atoms with Crippen LogP contribution in [0.25, 0.3) is 11.4 Å². The highest BCUT2D eigenvalue weighted by atomic mass is 32.2. The van der Waals surface area contributed by atoms with E-state index in [0.717, 1.165) is 34.3 Å². The van der Waals surface area contributed by atoms with Gasteiger partial charge in [-0.2, -0.15) is 0 Å². The number of anilines is 1. The topological polar surface area (TPSA) is 59.8 Å². The molecule has 134 valence electrons. The molecule has 0 aliphatic rings. The SMILES string of the molecule is CCn1c(SCC(=O)Nc2ccccc2C)nnc1-c1ccc(C)cc1. The second kappa shape index (κ2) is 8.19. The molecule has 2 aromatic carbocycles. The first-order chi connectivity index (χ1) is 12.6. The Balaban J connectivity index is 1.69. The quantitative estimate of drug-likeness (QED) is 0.660. The molecule has 0 unspecified atom stereocenters. The van der Waals surface area contributed by atoms with Crippen LogP contribution in [-0.4, -0.2) is 26.4 Å². The minimum Gasteiger partial charge on any atom is -0.325 e. The lowest BCUT2D eigenvalue weighted by Gasteiger charge is -2.09. The maximum atomic E-state index is 12.3. The summed E-state index contributed by atoms with van der Waals surface area (Å²) >= 11 is 1.40. The minimum absolute atomic E-state index is 0.0492. The molecule has 1 heterocycles. The molecule has 6 heteroatoms. The Morgan fingerprint density at radius 2 is 1.81 bits per heavy atom. The summed E-state index contributed by atoms with van der Waals surface area (Å²) in [6, 6.07) is 16.0. The van der Waals surface area contributed by atoms with Crippen LogP contribution < -0.4 is 5.32 Å². The smallest absolute Gasteiger partial charge is 0.234 e. The van der Waals surface area contributed by atoms with Gasteiger partial charge in [0.25, 0.3) is 0 Å². The molecule has 5 nitrogen and oxygen atoms in total. The van der Waals surface area contributed by atoms with Gasteiger partial charge in [0.15, 0.2) is 11.0 Å².